The Labute approximate surface area is 94.6 Å². The highest BCUT2D eigenvalue weighted by atomic mass is 16.1. The molecule has 0 aromatic carbocycles. The fraction of sp³-hybridized carbons (Fsp3) is 0.700. The van der Waals surface area contributed by atoms with Crippen LogP contribution in [0.3, 0.4) is 0 Å². The molecule has 1 aliphatic heterocycles. The van der Waals surface area contributed by atoms with Crippen molar-refractivity contribution >= 4 is 11.7 Å². The number of hydrogen-bond donors (Lipinski definition) is 1. The van der Waals surface area contributed by atoms with Gasteiger partial charge in [-0.15, -0.1) is 5.10 Å². The Kier molecular flexibility index (Phi) is 3.51. The van der Waals surface area contributed by atoms with Crippen molar-refractivity contribution in [2.75, 3.05) is 25.0 Å². The Bertz CT molecular complexity index is 356. The second-order valence-corrected chi connectivity index (χ2v) is 4.12. The van der Waals surface area contributed by atoms with Crippen LogP contribution in [0.4, 0.5) is 5.82 Å². The number of carbonyl (C=O) groups is 1. The molecule has 2 rings (SSSR count). The monoisotopic (exact) mass is 223 g/mol. The van der Waals surface area contributed by atoms with Gasteiger partial charge in [-0.2, -0.15) is 0 Å². The molecule has 0 saturated carbocycles. The number of anilines is 1. The summed E-state index contributed by atoms with van der Waals surface area (Å²) in [6.07, 6.45) is 4.72. The van der Waals surface area contributed by atoms with E-state index in [9.17, 15) is 4.79 Å². The van der Waals surface area contributed by atoms with Crippen LogP contribution in [0.1, 0.15) is 19.3 Å². The third-order valence-electron chi connectivity index (χ3n) is 2.72. The van der Waals surface area contributed by atoms with Crippen LogP contribution in [0.5, 0.6) is 0 Å². The van der Waals surface area contributed by atoms with E-state index in [-0.39, 0.29) is 5.91 Å². The fourth-order valence-electron chi connectivity index (χ4n) is 1.88. The van der Waals surface area contributed by atoms with Gasteiger partial charge in [0.15, 0.2) is 5.82 Å². The highest BCUT2D eigenvalue weighted by Crippen LogP contribution is 2.08. The minimum Gasteiger partial charge on any atom is -0.308 e. The summed E-state index contributed by atoms with van der Waals surface area (Å²) in [7, 11) is 1.77. The van der Waals surface area contributed by atoms with Gasteiger partial charge in [0.1, 0.15) is 0 Å². The quantitative estimate of drug-likeness (QED) is 0.794. The molecule has 6 nitrogen and oxygen atoms in total. The first-order valence-corrected chi connectivity index (χ1v) is 5.62. The summed E-state index contributed by atoms with van der Waals surface area (Å²) >= 11 is 0. The fourth-order valence-corrected chi connectivity index (χ4v) is 1.88. The Hall–Kier alpha value is -1.43. The number of amides is 1. The van der Waals surface area contributed by atoms with Crippen LogP contribution in [0.25, 0.3) is 0 Å². The molecule has 0 atom stereocenters. The molecule has 0 bridgehead atoms. The molecule has 1 aromatic heterocycles. The zero-order chi connectivity index (χ0) is 11.4. The van der Waals surface area contributed by atoms with Crippen molar-refractivity contribution in [1.29, 1.82) is 0 Å². The SMILES string of the molecule is Cn1cc(NC(=O)CCN2CCCC2)nn1. The van der Waals surface area contributed by atoms with E-state index in [1.165, 1.54) is 12.8 Å². The second kappa shape index (κ2) is 5.07. The van der Waals surface area contributed by atoms with Crippen molar-refractivity contribution < 1.29 is 4.79 Å². The predicted molar refractivity (Wildman–Crippen MR) is 59.9 cm³/mol. The van der Waals surface area contributed by atoms with E-state index in [2.05, 4.69) is 20.5 Å². The Balaban J connectivity index is 1.71. The standard InChI is InChI=1S/C10H17N5O/c1-14-8-9(12-13-14)11-10(16)4-7-15-5-2-3-6-15/h8H,2-7H2,1H3,(H,11,16). The Morgan fingerprint density at radius 1 is 1.50 bits per heavy atom. The number of nitrogens with zero attached hydrogens (tertiary/aromatic N) is 4. The van der Waals surface area contributed by atoms with Gasteiger partial charge in [0.25, 0.3) is 0 Å². The average Bonchev–Trinajstić information content (AvgIpc) is 2.87. The Morgan fingerprint density at radius 3 is 2.88 bits per heavy atom. The van der Waals surface area contributed by atoms with Crippen molar-refractivity contribution in [2.24, 2.45) is 7.05 Å². The average molecular weight is 223 g/mol. The van der Waals surface area contributed by atoms with Gasteiger partial charge < -0.3 is 10.2 Å². The summed E-state index contributed by atoms with van der Waals surface area (Å²) in [5.41, 5.74) is 0. The van der Waals surface area contributed by atoms with Crippen molar-refractivity contribution in [3.63, 3.8) is 0 Å². The van der Waals surface area contributed by atoms with E-state index in [1.807, 2.05) is 0 Å². The summed E-state index contributed by atoms with van der Waals surface area (Å²) in [5.74, 6) is 0.529. The lowest BCUT2D eigenvalue weighted by atomic mass is 10.3. The highest BCUT2D eigenvalue weighted by molar-refractivity contribution is 5.89. The van der Waals surface area contributed by atoms with Gasteiger partial charge in [-0.1, -0.05) is 5.21 Å². The second-order valence-electron chi connectivity index (χ2n) is 4.12. The van der Waals surface area contributed by atoms with Crippen LogP contribution < -0.4 is 5.32 Å². The molecule has 0 radical (unpaired) electrons. The maximum Gasteiger partial charge on any atom is 0.226 e. The lowest BCUT2D eigenvalue weighted by Crippen LogP contribution is -2.25. The number of rotatable bonds is 4. The molecule has 16 heavy (non-hydrogen) atoms. The zero-order valence-corrected chi connectivity index (χ0v) is 9.52. The normalized spacial score (nSPS) is 16.6. The molecule has 1 amide bonds. The van der Waals surface area contributed by atoms with Crippen LogP contribution in [-0.2, 0) is 11.8 Å². The molecular formula is C10H17N5O. The number of nitrogens with one attached hydrogen (secondary N) is 1. The molecular weight excluding hydrogens is 206 g/mol. The van der Waals surface area contributed by atoms with E-state index in [0.717, 1.165) is 19.6 Å². The van der Waals surface area contributed by atoms with E-state index in [4.69, 9.17) is 0 Å². The number of aryl methyl sites for hydroxylation is 1. The van der Waals surface area contributed by atoms with Gasteiger partial charge in [0, 0.05) is 20.0 Å². The van der Waals surface area contributed by atoms with Crippen LogP contribution in [0.15, 0.2) is 6.20 Å². The molecule has 6 heteroatoms. The summed E-state index contributed by atoms with van der Waals surface area (Å²) in [6.45, 7) is 3.09. The van der Waals surface area contributed by atoms with Crippen molar-refractivity contribution in [1.82, 2.24) is 19.9 Å². The first-order valence-electron chi connectivity index (χ1n) is 5.62. The predicted octanol–water partition coefficient (Wildman–Crippen LogP) is 0.239. The van der Waals surface area contributed by atoms with Gasteiger partial charge in [-0.05, 0) is 25.9 Å². The van der Waals surface area contributed by atoms with Crippen molar-refractivity contribution in [2.45, 2.75) is 19.3 Å². The molecule has 0 spiro atoms. The molecule has 1 N–H and O–H groups in total. The summed E-state index contributed by atoms with van der Waals surface area (Å²) in [5, 5.41) is 10.3. The van der Waals surface area contributed by atoms with Gasteiger partial charge >= 0.3 is 0 Å². The van der Waals surface area contributed by atoms with Gasteiger partial charge in [-0.3, -0.25) is 9.48 Å². The van der Waals surface area contributed by atoms with Crippen LogP contribution in [0, 0.1) is 0 Å². The largest absolute Gasteiger partial charge is 0.308 e. The van der Waals surface area contributed by atoms with Gasteiger partial charge in [0.2, 0.25) is 5.91 Å². The lowest BCUT2D eigenvalue weighted by molar-refractivity contribution is -0.116. The van der Waals surface area contributed by atoms with Gasteiger partial charge in [0.05, 0.1) is 6.20 Å². The number of likely N-dealkylation sites (tertiary alicyclic amines) is 1. The molecule has 2 heterocycles. The minimum absolute atomic E-state index is 0.00685. The number of aromatic nitrogens is 3. The minimum atomic E-state index is 0.00685. The molecule has 1 aliphatic rings. The smallest absolute Gasteiger partial charge is 0.226 e. The van der Waals surface area contributed by atoms with E-state index in [0.29, 0.717) is 12.2 Å². The molecule has 88 valence electrons. The maximum atomic E-state index is 11.6. The van der Waals surface area contributed by atoms with Crippen molar-refractivity contribution in [3.05, 3.63) is 6.20 Å². The molecule has 1 aromatic rings. The molecule has 1 fully saturated rings. The van der Waals surface area contributed by atoms with Gasteiger partial charge in [-0.25, -0.2) is 0 Å². The summed E-state index contributed by atoms with van der Waals surface area (Å²) in [6, 6.07) is 0. The molecule has 0 aliphatic carbocycles. The molecule has 0 unspecified atom stereocenters. The first-order chi connectivity index (χ1) is 7.74. The van der Waals surface area contributed by atoms with E-state index in [1.54, 1.807) is 17.9 Å². The molecule has 1 saturated heterocycles. The van der Waals surface area contributed by atoms with Crippen LogP contribution in [0.2, 0.25) is 0 Å². The van der Waals surface area contributed by atoms with Crippen LogP contribution >= 0.6 is 0 Å². The van der Waals surface area contributed by atoms with E-state index >= 15 is 0 Å². The first kappa shape index (κ1) is 11.1. The van der Waals surface area contributed by atoms with Crippen molar-refractivity contribution in [3.8, 4) is 0 Å². The van der Waals surface area contributed by atoms with E-state index < -0.39 is 0 Å². The topological polar surface area (TPSA) is 63.1 Å². The Morgan fingerprint density at radius 2 is 2.25 bits per heavy atom. The highest BCUT2D eigenvalue weighted by Gasteiger charge is 2.13. The zero-order valence-electron chi connectivity index (χ0n) is 9.52. The third kappa shape index (κ3) is 3.03. The van der Waals surface area contributed by atoms with Crippen LogP contribution in [-0.4, -0.2) is 45.4 Å². The third-order valence-corrected chi connectivity index (χ3v) is 2.72. The number of hydrogen-bond acceptors (Lipinski definition) is 4. The lowest BCUT2D eigenvalue weighted by Gasteiger charge is -2.13. The maximum absolute atomic E-state index is 11.6. The summed E-state index contributed by atoms with van der Waals surface area (Å²) < 4.78 is 1.57. The number of carbonyl (C=O) groups excluding carboxylic acids is 1. The summed E-state index contributed by atoms with van der Waals surface area (Å²) in [4.78, 5) is 13.9.